The van der Waals surface area contributed by atoms with Gasteiger partial charge < -0.3 is 24.4 Å². The molecule has 0 spiro atoms. The van der Waals surface area contributed by atoms with Gasteiger partial charge in [0.15, 0.2) is 0 Å². The minimum Gasteiger partial charge on any atom is -0.463 e. The van der Waals surface area contributed by atoms with Crippen LogP contribution in [0.15, 0.2) is 0 Å². The van der Waals surface area contributed by atoms with Gasteiger partial charge in [0.25, 0.3) is 0 Å². The van der Waals surface area contributed by atoms with Crippen LogP contribution >= 0.6 is 0 Å². The van der Waals surface area contributed by atoms with E-state index < -0.39 is 12.2 Å². The van der Waals surface area contributed by atoms with Gasteiger partial charge >= 0.3 is 11.9 Å². The van der Waals surface area contributed by atoms with E-state index in [-0.39, 0.29) is 38.4 Å². The molecule has 0 aromatic carbocycles. The molecule has 0 aliphatic rings. The second-order valence-electron chi connectivity index (χ2n) is 10.4. The first-order valence-electron chi connectivity index (χ1n) is 15.2. The van der Waals surface area contributed by atoms with Gasteiger partial charge in [0.1, 0.15) is 25.4 Å². The van der Waals surface area contributed by atoms with E-state index in [2.05, 4.69) is 13.8 Å². The highest BCUT2D eigenvalue weighted by Gasteiger charge is 2.13. The zero-order chi connectivity index (χ0) is 27.4. The highest BCUT2D eigenvalue weighted by Crippen LogP contribution is 2.12. The lowest BCUT2D eigenvalue weighted by atomic mass is 10.1. The molecular formula is C30H58O7. The van der Waals surface area contributed by atoms with Crippen LogP contribution < -0.4 is 0 Å². The van der Waals surface area contributed by atoms with E-state index in [1.807, 2.05) is 0 Å². The summed E-state index contributed by atoms with van der Waals surface area (Å²) in [4.78, 5) is 23.6. The predicted molar refractivity (Wildman–Crippen MR) is 148 cm³/mol. The summed E-state index contributed by atoms with van der Waals surface area (Å²) in [5.74, 6) is -0.609. The lowest BCUT2D eigenvalue weighted by Crippen LogP contribution is -2.28. The van der Waals surface area contributed by atoms with Crippen molar-refractivity contribution in [3.63, 3.8) is 0 Å². The number of carbonyl (C=O) groups excluding carboxylic acids is 2. The van der Waals surface area contributed by atoms with Crippen molar-refractivity contribution in [2.75, 3.05) is 26.4 Å². The van der Waals surface area contributed by atoms with Crippen molar-refractivity contribution in [2.24, 2.45) is 0 Å². The number of aliphatic hydroxyl groups is 2. The van der Waals surface area contributed by atoms with Gasteiger partial charge in [-0.25, -0.2) is 0 Å². The Hall–Kier alpha value is -1.18. The molecule has 0 amide bonds. The number of unbranched alkanes of at least 4 members (excludes halogenated alkanes) is 16. The summed E-state index contributed by atoms with van der Waals surface area (Å²) in [7, 11) is 0. The van der Waals surface area contributed by atoms with Gasteiger partial charge in [-0.2, -0.15) is 0 Å². The van der Waals surface area contributed by atoms with Crippen LogP contribution in [0.3, 0.4) is 0 Å². The largest absolute Gasteiger partial charge is 0.463 e. The van der Waals surface area contributed by atoms with E-state index in [1.54, 1.807) is 0 Å². The Bertz CT molecular complexity index is 468. The average Bonchev–Trinajstić information content (AvgIpc) is 2.88. The second-order valence-corrected chi connectivity index (χ2v) is 10.4. The summed E-state index contributed by atoms with van der Waals surface area (Å²) in [6.07, 6.45) is 20.2. The smallest absolute Gasteiger partial charge is 0.305 e. The summed E-state index contributed by atoms with van der Waals surface area (Å²) in [5.41, 5.74) is 0. The molecule has 2 N–H and O–H groups in total. The first kappa shape index (κ1) is 35.8. The summed E-state index contributed by atoms with van der Waals surface area (Å²) in [6.45, 7) is 4.07. The molecule has 37 heavy (non-hydrogen) atoms. The minimum absolute atomic E-state index is 0.0608. The molecule has 0 aromatic heterocycles. The maximum atomic E-state index is 11.8. The molecule has 0 unspecified atom stereocenters. The van der Waals surface area contributed by atoms with Gasteiger partial charge in [-0.1, -0.05) is 117 Å². The van der Waals surface area contributed by atoms with Crippen molar-refractivity contribution in [3.05, 3.63) is 0 Å². The van der Waals surface area contributed by atoms with Crippen LogP contribution in [0.1, 0.15) is 142 Å². The Balaban J connectivity index is 3.53. The van der Waals surface area contributed by atoms with Crippen molar-refractivity contribution < 1.29 is 34.0 Å². The molecule has 0 fully saturated rings. The summed E-state index contributed by atoms with van der Waals surface area (Å²) in [5, 5.41) is 19.8. The number of hydrogen-bond donors (Lipinski definition) is 2. The van der Waals surface area contributed by atoms with E-state index in [0.29, 0.717) is 12.8 Å². The van der Waals surface area contributed by atoms with Gasteiger partial charge in [0.2, 0.25) is 0 Å². The Morgan fingerprint density at radius 3 is 1.11 bits per heavy atom. The topological polar surface area (TPSA) is 102 Å². The fourth-order valence-electron chi connectivity index (χ4n) is 4.12. The van der Waals surface area contributed by atoms with E-state index in [0.717, 1.165) is 38.5 Å². The van der Waals surface area contributed by atoms with E-state index in [9.17, 15) is 19.8 Å². The van der Waals surface area contributed by atoms with Crippen molar-refractivity contribution in [1.29, 1.82) is 0 Å². The molecule has 7 heteroatoms. The van der Waals surface area contributed by atoms with Crippen molar-refractivity contribution >= 4 is 11.9 Å². The van der Waals surface area contributed by atoms with Crippen LogP contribution in [-0.4, -0.2) is 60.8 Å². The Labute approximate surface area is 227 Å². The van der Waals surface area contributed by atoms with E-state index in [1.165, 1.54) is 77.0 Å². The van der Waals surface area contributed by atoms with Gasteiger partial charge in [0, 0.05) is 12.8 Å². The third-order valence-corrected chi connectivity index (χ3v) is 6.46. The number of hydrogen-bond acceptors (Lipinski definition) is 7. The zero-order valence-corrected chi connectivity index (χ0v) is 24.1. The number of aliphatic hydroxyl groups excluding tert-OH is 2. The fourth-order valence-corrected chi connectivity index (χ4v) is 4.12. The number of esters is 2. The lowest BCUT2D eigenvalue weighted by Gasteiger charge is -2.15. The summed E-state index contributed by atoms with van der Waals surface area (Å²) >= 11 is 0. The standard InChI is InChI=1S/C30H58O7/c1-3-5-7-9-11-13-15-17-19-21-29(33)36-25-27(31)23-35-24-28(32)26-37-30(34)22-20-18-16-14-12-10-8-6-4-2/h27-28,31-32H,3-26H2,1-2H3/t27-,28+. The molecule has 0 rings (SSSR count). The SMILES string of the molecule is CCCCCCCCCCCC(=O)OC[C@H](O)COC[C@H](O)COC(=O)CCCCCCCCCCC. The Morgan fingerprint density at radius 1 is 0.486 bits per heavy atom. The first-order chi connectivity index (χ1) is 18.0. The Kier molecular flexibility index (Phi) is 27.0. The molecule has 0 aromatic rings. The molecule has 0 aliphatic carbocycles. The van der Waals surface area contributed by atoms with E-state index >= 15 is 0 Å². The summed E-state index contributed by atoms with van der Waals surface area (Å²) < 4.78 is 15.5. The van der Waals surface area contributed by atoms with Crippen LogP contribution in [0.4, 0.5) is 0 Å². The quantitative estimate of drug-likeness (QED) is 0.0862. The Morgan fingerprint density at radius 2 is 0.784 bits per heavy atom. The molecular weight excluding hydrogens is 472 g/mol. The fraction of sp³-hybridized carbons (Fsp3) is 0.933. The van der Waals surface area contributed by atoms with Gasteiger partial charge in [-0.05, 0) is 12.8 Å². The molecule has 0 aliphatic heterocycles. The van der Waals surface area contributed by atoms with Crippen LogP contribution in [0.5, 0.6) is 0 Å². The maximum Gasteiger partial charge on any atom is 0.305 e. The monoisotopic (exact) mass is 530 g/mol. The van der Waals surface area contributed by atoms with Crippen molar-refractivity contribution in [2.45, 2.75) is 154 Å². The number of rotatable bonds is 28. The third-order valence-electron chi connectivity index (χ3n) is 6.46. The molecule has 0 radical (unpaired) electrons. The van der Waals surface area contributed by atoms with Crippen molar-refractivity contribution in [1.82, 2.24) is 0 Å². The van der Waals surface area contributed by atoms with Gasteiger partial charge in [-0.15, -0.1) is 0 Å². The molecule has 0 heterocycles. The van der Waals surface area contributed by atoms with Crippen LogP contribution in [0.2, 0.25) is 0 Å². The third kappa shape index (κ3) is 27.7. The van der Waals surface area contributed by atoms with Gasteiger partial charge in [0.05, 0.1) is 13.2 Å². The maximum absolute atomic E-state index is 11.8. The van der Waals surface area contributed by atoms with Crippen LogP contribution in [0.25, 0.3) is 0 Å². The molecule has 220 valence electrons. The molecule has 0 saturated heterocycles. The van der Waals surface area contributed by atoms with Gasteiger partial charge in [-0.3, -0.25) is 9.59 Å². The molecule has 7 nitrogen and oxygen atoms in total. The molecule has 0 bridgehead atoms. The van der Waals surface area contributed by atoms with Crippen molar-refractivity contribution in [3.8, 4) is 0 Å². The lowest BCUT2D eigenvalue weighted by molar-refractivity contribution is -0.149. The first-order valence-corrected chi connectivity index (χ1v) is 15.2. The molecule has 2 atom stereocenters. The number of carbonyl (C=O) groups is 2. The van der Waals surface area contributed by atoms with Crippen LogP contribution in [-0.2, 0) is 23.8 Å². The highest BCUT2D eigenvalue weighted by molar-refractivity contribution is 5.69. The normalized spacial score (nSPS) is 12.9. The van der Waals surface area contributed by atoms with Crippen LogP contribution in [0, 0.1) is 0 Å². The van der Waals surface area contributed by atoms with E-state index in [4.69, 9.17) is 14.2 Å². The molecule has 0 saturated carbocycles. The second kappa shape index (κ2) is 27.8. The zero-order valence-electron chi connectivity index (χ0n) is 24.1. The average molecular weight is 531 g/mol. The predicted octanol–water partition coefficient (Wildman–Crippen LogP) is 6.65. The number of ether oxygens (including phenoxy) is 3. The summed E-state index contributed by atoms with van der Waals surface area (Å²) in [6, 6.07) is 0. The highest BCUT2D eigenvalue weighted by atomic mass is 16.6. The minimum atomic E-state index is -0.950.